The monoisotopic (exact) mass is 569 g/mol. The highest BCUT2D eigenvalue weighted by Crippen LogP contribution is 2.58. The smallest absolute Gasteiger partial charge is 0.269 e. The lowest BCUT2D eigenvalue weighted by Gasteiger charge is -2.39. The van der Waals surface area contributed by atoms with Crippen LogP contribution in [0.25, 0.3) is 5.57 Å². The van der Waals surface area contributed by atoms with Crippen LogP contribution in [0.3, 0.4) is 0 Å². The van der Waals surface area contributed by atoms with Gasteiger partial charge in [0.1, 0.15) is 11.5 Å². The number of nitro benzene ring substituents is 1. The fourth-order valence-electron chi connectivity index (χ4n) is 7.20. The number of allylic oxidation sites excluding steroid dienone is 1. The average molecular weight is 570 g/mol. The third-order valence-corrected chi connectivity index (χ3v) is 9.13. The van der Waals surface area contributed by atoms with Crippen molar-refractivity contribution in [1.82, 2.24) is 0 Å². The van der Waals surface area contributed by atoms with Crippen LogP contribution >= 0.6 is 0 Å². The average Bonchev–Trinajstić information content (AvgIpc) is 3.49. The molecule has 212 valence electrons. The van der Waals surface area contributed by atoms with Crippen LogP contribution < -0.4 is 10.2 Å². The largest absolute Gasteiger partial charge is 0.352 e. The van der Waals surface area contributed by atoms with Crippen molar-refractivity contribution >= 4 is 40.1 Å². The van der Waals surface area contributed by atoms with Gasteiger partial charge in [-0.3, -0.25) is 24.5 Å². The van der Waals surface area contributed by atoms with Crippen molar-refractivity contribution in [3.63, 3.8) is 0 Å². The molecule has 0 radical (unpaired) electrons. The maximum atomic E-state index is 14.8. The number of ketones is 2. The minimum Gasteiger partial charge on any atom is -0.352 e. The molecule has 8 nitrogen and oxygen atoms in total. The van der Waals surface area contributed by atoms with Crippen LogP contribution in [-0.4, -0.2) is 34.5 Å². The van der Waals surface area contributed by atoms with Gasteiger partial charge in [0, 0.05) is 40.2 Å². The Labute approximate surface area is 247 Å². The molecule has 3 aliphatic heterocycles. The first-order chi connectivity index (χ1) is 20.7. The first kappa shape index (κ1) is 26.5. The van der Waals surface area contributed by atoms with Crippen molar-refractivity contribution in [2.45, 2.75) is 31.3 Å². The van der Waals surface area contributed by atoms with Gasteiger partial charge in [0.25, 0.3) is 5.69 Å². The van der Waals surface area contributed by atoms with E-state index < -0.39 is 28.3 Å². The number of hydrogen-bond donors (Lipinski definition) is 1. The lowest BCUT2D eigenvalue weighted by Crippen LogP contribution is -2.51. The molecule has 4 aromatic rings. The molecule has 0 bridgehead atoms. The van der Waals surface area contributed by atoms with Crippen molar-refractivity contribution in [3.05, 3.63) is 141 Å². The standard InChI is InChI=1S/C35H27N3O5/c1-20-11-13-22(14-12-20)32(39)30-31(33(40)23-15-17-24(18-16-23)38(42)43)37-28-10-6-3-7-25(28)21(2)19-29(37)35(30)26-8-4-5-9-27(26)36-34(35)41/h3-19,29-31H,1-2H3,(H,36,41)/t29-,30-,31-,35+/m1/s1. The van der Waals surface area contributed by atoms with E-state index >= 15 is 0 Å². The van der Waals surface area contributed by atoms with Gasteiger partial charge >= 0.3 is 0 Å². The number of nitro groups is 1. The first-order valence-corrected chi connectivity index (χ1v) is 14.1. The van der Waals surface area contributed by atoms with Crippen LogP contribution in [-0.2, 0) is 10.2 Å². The number of Topliss-reactive ketones (excluding diaryl/α,β-unsaturated/α-hetero) is 2. The lowest BCUT2D eigenvalue weighted by atomic mass is 9.64. The van der Waals surface area contributed by atoms with E-state index in [0.717, 1.165) is 22.4 Å². The number of carbonyl (C=O) groups excluding carboxylic acids is 3. The van der Waals surface area contributed by atoms with Crippen LogP contribution in [0.2, 0.25) is 0 Å². The third-order valence-electron chi connectivity index (χ3n) is 9.13. The van der Waals surface area contributed by atoms with Gasteiger partial charge in [-0.05, 0) is 49.2 Å². The second kappa shape index (κ2) is 9.59. The summed E-state index contributed by atoms with van der Waals surface area (Å²) >= 11 is 0. The van der Waals surface area contributed by atoms with E-state index in [2.05, 4.69) is 5.32 Å². The van der Waals surface area contributed by atoms with Gasteiger partial charge in [0.05, 0.1) is 16.9 Å². The van der Waals surface area contributed by atoms with Crippen molar-refractivity contribution in [3.8, 4) is 0 Å². The highest BCUT2D eigenvalue weighted by Gasteiger charge is 2.70. The first-order valence-electron chi connectivity index (χ1n) is 14.1. The molecule has 1 amide bonds. The molecule has 0 aliphatic carbocycles. The number of fused-ring (bicyclic) bond motifs is 6. The van der Waals surface area contributed by atoms with Crippen LogP contribution in [0, 0.1) is 23.0 Å². The van der Waals surface area contributed by atoms with Crippen molar-refractivity contribution in [1.29, 1.82) is 0 Å². The Kier molecular flexibility index (Phi) is 5.92. The van der Waals surface area contributed by atoms with Crippen LogP contribution in [0.5, 0.6) is 0 Å². The number of para-hydroxylation sites is 2. The Balaban J connectivity index is 1.53. The number of benzene rings is 4. The Hall–Kier alpha value is -5.37. The number of nitrogens with zero attached hydrogens (tertiary/aromatic N) is 2. The zero-order valence-electron chi connectivity index (χ0n) is 23.5. The molecule has 4 aromatic carbocycles. The van der Waals surface area contributed by atoms with Gasteiger partial charge < -0.3 is 10.2 Å². The predicted molar refractivity (Wildman–Crippen MR) is 163 cm³/mol. The normalized spacial score (nSPS) is 23.2. The summed E-state index contributed by atoms with van der Waals surface area (Å²) in [6, 6.07) is 25.9. The molecule has 1 fully saturated rings. The Morgan fingerprint density at radius 3 is 2.19 bits per heavy atom. The summed E-state index contributed by atoms with van der Waals surface area (Å²) in [5, 5.41) is 14.4. The topological polar surface area (TPSA) is 110 Å². The van der Waals surface area contributed by atoms with E-state index in [9.17, 15) is 24.5 Å². The van der Waals surface area contributed by atoms with E-state index in [4.69, 9.17) is 0 Å². The number of rotatable bonds is 5. The van der Waals surface area contributed by atoms with Gasteiger partial charge in [-0.1, -0.05) is 72.3 Å². The number of nitrogens with one attached hydrogen (secondary N) is 1. The highest BCUT2D eigenvalue weighted by molar-refractivity contribution is 6.18. The van der Waals surface area contributed by atoms with Gasteiger partial charge in [0.2, 0.25) is 5.91 Å². The van der Waals surface area contributed by atoms with Crippen LogP contribution in [0.4, 0.5) is 17.1 Å². The number of non-ortho nitro benzene ring substituents is 1. The predicted octanol–water partition coefficient (Wildman–Crippen LogP) is 6.15. The summed E-state index contributed by atoms with van der Waals surface area (Å²) in [6.45, 7) is 3.91. The number of anilines is 2. The van der Waals surface area contributed by atoms with E-state index in [1.165, 1.54) is 24.3 Å². The van der Waals surface area contributed by atoms with Gasteiger partial charge in [-0.15, -0.1) is 0 Å². The van der Waals surface area contributed by atoms with E-state index in [0.29, 0.717) is 16.8 Å². The summed E-state index contributed by atoms with van der Waals surface area (Å²) < 4.78 is 0. The lowest BCUT2D eigenvalue weighted by molar-refractivity contribution is -0.384. The van der Waals surface area contributed by atoms with Crippen molar-refractivity contribution < 1.29 is 19.3 Å². The Bertz CT molecular complexity index is 1880. The van der Waals surface area contributed by atoms with E-state index in [1.807, 2.05) is 85.5 Å². The second-order valence-electron chi connectivity index (χ2n) is 11.4. The fourth-order valence-corrected chi connectivity index (χ4v) is 7.20. The molecule has 1 N–H and O–H groups in total. The molecule has 1 saturated heterocycles. The van der Waals surface area contributed by atoms with Crippen molar-refractivity contribution in [2.24, 2.45) is 5.92 Å². The molecule has 0 saturated carbocycles. The van der Waals surface area contributed by atoms with E-state index in [-0.39, 0.29) is 28.7 Å². The number of carbonyl (C=O) groups is 3. The Morgan fingerprint density at radius 2 is 1.47 bits per heavy atom. The molecule has 7 rings (SSSR count). The maximum absolute atomic E-state index is 14.8. The summed E-state index contributed by atoms with van der Waals surface area (Å²) in [7, 11) is 0. The summed E-state index contributed by atoms with van der Waals surface area (Å²) in [5.74, 6) is -2.15. The SMILES string of the molecule is CC1=C[C@H]2N(c3ccccc31)[C@@H](C(=O)c1ccc([N+](=O)[O-])cc1)[C@H](C(=O)c1ccc(C)cc1)[C@@]21C(=O)Nc2ccccc21. The van der Waals surface area contributed by atoms with E-state index in [1.54, 1.807) is 12.1 Å². The molecular formula is C35H27N3O5. The second-order valence-corrected chi connectivity index (χ2v) is 11.4. The zero-order chi connectivity index (χ0) is 30.0. The fraction of sp³-hybridized carbons (Fsp3) is 0.171. The minimum atomic E-state index is -1.42. The molecule has 8 heteroatoms. The minimum absolute atomic E-state index is 0.143. The highest BCUT2D eigenvalue weighted by atomic mass is 16.6. The van der Waals surface area contributed by atoms with Gasteiger partial charge in [0.15, 0.2) is 11.6 Å². The zero-order valence-corrected chi connectivity index (χ0v) is 23.5. The number of amides is 1. The molecule has 1 spiro atoms. The molecule has 0 aromatic heterocycles. The molecule has 4 atom stereocenters. The van der Waals surface area contributed by atoms with Crippen LogP contribution in [0.15, 0.2) is 103 Å². The maximum Gasteiger partial charge on any atom is 0.269 e. The van der Waals surface area contributed by atoms with Gasteiger partial charge in [-0.25, -0.2) is 0 Å². The van der Waals surface area contributed by atoms with Gasteiger partial charge in [-0.2, -0.15) is 0 Å². The Morgan fingerprint density at radius 1 is 0.837 bits per heavy atom. The number of hydrogen-bond acceptors (Lipinski definition) is 6. The third kappa shape index (κ3) is 3.72. The molecule has 0 unspecified atom stereocenters. The molecule has 3 heterocycles. The molecule has 3 aliphatic rings. The van der Waals surface area contributed by atoms with Crippen molar-refractivity contribution in [2.75, 3.05) is 10.2 Å². The summed E-state index contributed by atoms with van der Waals surface area (Å²) in [6.07, 6.45) is 2.00. The summed E-state index contributed by atoms with van der Waals surface area (Å²) in [5.41, 5.74) is 3.93. The number of aryl methyl sites for hydroxylation is 1. The molecule has 43 heavy (non-hydrogen) atoms. The quantitative estimate of drug-likeness (QED) is 0.175. The van der Waals surface area contributed by atoms with Crippen LogP contribution in [0.1, 0.15) is 44.3 Å². The molecular weight excluding hydrogens is 542 g/mol. The summed E-state index contributed by atoms with van der Waals surface area (Å²) in [4.78, 5) is 56.8.